The number of aromatic nitrogens is 2. The fraction of sp³-hybridized carbons (Fsp3) is 0.400. The maximum Gasteiger partial charge on any atom is 2.00 e. The second-order valence-corrected chi connectivity index (χ2v) is 18.8. The first kappa shape index (κ1) is 40.0. The molecule has 0 spiro atoms. The molecule has 2 aromatic heterocycles. The van der Waals surface area contributed by atoms with Gasteiger partial charge in [0, 0.05) is 28.5 Å². The third kappa shape index (κ3) is 7.04. The van der Waals surface area contributed by atoms with Gasteiger partial charge in [0.25, 0.3) is 0 Å². The average Bonchev–Trinajstić information content (AvgIpc) is 3.57. The Kier molecular flexibility index (Phi) is 10.0. The van der Waals surface area contributed by atoms with Crippen molar-refractivity contribution >= 4 is 27.8 Å². The van der Waals surface area contributed by atoms with Gasteiger partial charge in [-0.1, -0.05) is 101 Å². The Labute approximate surface area is 348 Å². The summed E-state index contributed by atoms with van der Waals surface area (Å²) in [6.45, 7) is 26.6. The van der Waals surface area contributed by atoms with Crippen molar-refractivity contribution in [1.82, 2.24) is 9.55 Å². The van der Waals surface area contributed by atoms with E-state index in [4.69, 9.17) is 19.5 Å². The number of aryl methyl sites for hydroxylation is 4. The second kappa shape index (κ2) is 14.0. The van der Waals surface area contributed by atoms with Crippen LogP contribution in [-0.4, -0.2) is 26.6 Å². The van der Waals surface area contributed by atoms with E-state index in [9.17, 15) is 0 Å². The van der Waals surface area contributed by atoms with E-state index in [0.29, 0.717) is 17.4 Å². The molecule has 56 heavy (non-hydrogen) atoms. The third-order valence-corrected chi connectivity index (χ3v) is 12.2. The number of nitrogens with zero attached hydrogens (tertiary/aromatic N) is 3. The van der Waals surface area contributed by atoms with E-state index in [1.807, 2.05) is 6.20 Å². The summed E-state index contributed by atoms with van der Waals surface area (Å²) in [6.07, 6.45) is 6.26. The second-order valence-electron chi connectivity index (χ2n) is 18.8. The van der Waals surface area contributed by atoms with Crippen molar-refractivity contribution in [3.8, 4) is 28.3 Å². The molecule has 1 saturated carbocycles. The van der Waals surface area contributed by atoms with Gasteiger partial charge >= 0.3 is 21.1 Å². The van der Waals surface area contributed by atoms with Crippen LogP contribution in [0.25, 0.3) is 38.8 Å². The molecule has 1 aliphatic carbocycles. The molecule has 2 atom stereocenters. The number of hydrogen-bond donors (Lipinski definition) is 0. The van der Waals surface area contributed by atoms with Gasteiger partial charge in [-0.15, -0.1) is 29.8 Å². The van der Waals surface area contributed by atoms with E-state index >= 15 is 0 Å². The van der Waals surface area contributed by atoms with Crippen molar-refractivity contribution in [2.24, 2.45) is 4.99 Å². The number of aliphatic imine (C=N–C) groups is 1. The average molecular weight is 925 g/mol. The van der Waals surface area contributed by atoms with Gasteiger partial charge in [0.15, 0.2) is 0 Å². The third-order valence-electron chi connectivity index (χ3n) is 12.2. The van der Waals surface area contributed by atoms with E-state index in [0.717, 1.165) is 70.2 Å². The molecule has 6 aromatic rings. The molecule has 2 aliphatic rings. The SMILES string of the molecule is Cc1cc(C)c(-c2cc(Oc3[c-]c(-n4c5ccc(C(C)(C)C)cc5c5cc(C)cnc54)cc(C(C)(C)C)c3)[c-]c(C3=N[C@]4(C)CCCC[C@]4(C)O3)c2)c(C)c1.[Pt+2]. The Morgan fingerprint density at radius 3 is 2.09 bits per heavy atom. The first-order valence-corrected chi connectivity index (χ1v) is 19.9. The molecule has 3 heterocycles. The van der Waals surface area contributed by atoms with E-state index in [2.05, 4.69) is 160 Å². The van der Waals surface area contributed by atoms with Gasteiger partial charge in [-0.2, -0.15) is 0 Å². The molecule has 292 valence electrons. The maximum atomic E-state index is 6.94. The van der Waals surface area contributed by atoms with Crippen LogP contribution >= 0.6 is 0 Å². The minimum Gasteiger partial charge on any atom is -0.512 e. The fourth-order valence-electron chi connectivity index (χ4n) is 8.83. The summed E-state index contributed by atoms with van der Waals surface area (Å²) in [7, 11) is 0. The van der Waals surface area contributed by atoms with Crippen LogP contribution in [0.5, 0.6) is 11.5 Å². The number of ether oxygens (including phenoxy) is 2. The van der Waals surface area contributed by atoms with Crippen LogP contribution in [-0.2, 0) is 36.6 Å². The Bertz CT molecular complexity index is 2530. The van der Waals surface area contributed by atoms with Crippen molar-refractivity contribution in [1.29, 1.82) is 0 Å². The van der Waals surface area contributed by atoms with Crippen molar-refractivity contribution in [3.63, 3.8) is 0 Å². The number of hydrogen-bond acceptors (Lipinski definition) is 4. The fourth-order valence-corrected chi connectivity index (χ4v) is 8.83. The molecule has 4 aromatic carbocycles. The first-order valence-electron chi connectivity index (χ1n) is 19.9. The quantitative estimate of drug-likeness (QED) is 0.162. The zero-order valence-electron chi connectivity index (χ0n) is 35.2. The molecule has 1 aliphatic heterocycles. The Hall–Kier alpha value is -4.21. The molecule has 8 rings (SSSR count). The van der Waals surface area contributed by atoms with Crippen molar-refractivity contribution in [2.75, 3.05) is 0 Å². The van der Waals surface area contributed by atoms with E-state index in [1.54, 1.807) is 0 Å². The van der Waals surface area contributed by atoms with Crippen LogP contribution in [0.3, 0.4) is 0 Å². The van der Waals surface area contributed by atoms with Gasteiger partial charge < -0.3 is 14.0 Å². The molecule has 0 N–H and O–H groups in total. The van der Waals surface area contributed by atoms with E-state index < -0.39 is 0 Å². The standard InChI is InChI=1S/C50H55N3O2.Pt/c1-30-19-32(3)44(33(4)20-30)34-22-35(46-52-49(11)17-13-14-18-50(49,12)55-46)24-39(23-34)54-40-26-37(48(8,9)10)25-38(28-40)53-43-16-15-36(47(5,6)7)27-41(43)42-21-31(2)29-51-45(42)53;/h15-16,19-23,25-27,29H,13-14,17-18H2,1-12H3;/q-2;+2/t49-,50+;/m1./s1. The largest absolute Gasteiger partial charge is 2.00 e. The molecule has 6 heteroatoms. The minimum atomic E-state index is -0.340. The van der Waals surface area contributed by atoms with Crippen molar-refractivity contribution < 1.29 is 30.5 Å². The summed E-state index contributed by atoms with van der Waals surface area (Å²) in [6, 6.07) is 29.5. The summed E-state index contributed by atoms with van der Waals surface area (Å²) in [5.41, 5.74) is 12.4. The first-order chi connectivity index (χ1) is 25.8. The predicted octanol–water partition coefficient (Wildman–Crippen LogP) is 12.9. The van der Waals surface area contributed by atoms with E-state index in [-0.39, 0.29) is 43.0 Å². The topological polar surface area (TPSA) is 48.6 Å². The van der Waals surface area contributed by atoms with Crippen LogP contribution in [0.15, 0.2) is 71.9 Å². The van der Waals surface area contributed by atoms with Gasteiger partial charge in [0.2, 0.25) is 0 Å². The summed E-state index contributed by atoms with van der Waals surface area (Å²) in [4.78, 5) is 10.3. The number of pyridine rings is 1. The summed E-state index contributed by atoms with van der Waals surface area (Å²) >= 11 is 0. The number of rotatable bonds is 5. The minimum absolute atomic E-state index is 0. The Balaban J connectivity index is 0.00000480. The van der Waals surface area contributed by atoms with Gasteiger partial charge in [-0.25, -0.2) is 4.98 Å². The van der Waals surface area contributed by atoms with Crippen LogP contribution in [0, 0.1) is 39.8 Å². The molecule has 1 fully saturated rings. The van der Waals surface area contributed by atoms with Crippen LogP contribution in [0.1, 0.15) is 120 Å². The van der Waals surface area contributed by atoms with Crippen LogP contribution < -0.4 is 4.74 Å². The van der Waals surface area contributed by atoms with Gasteiger partial charge in [0.05, 0.1) is 11.1 Å². The van der Waals surface area contributed by atoms with Crippen LogP contribution in [0.4, 0.5) is 0 Å². The van der Waals surface area contributed by atoms with E-state index in [1.165, 1.54) is 33.2 Å². The molecule has 0 radical (unpaired) electrons. The van der Waals surface area contributed by atoms with Crippen molar-refractivity contribution in [2.45, 2.75) is 131 Å². The molecule has 0 amide bonds. The Morgan fingerprint density at radius 1 is 0.732 bits per heavy atom. The monoisotopic (exact) mass is 924 g/mol. The molecule has 0 bridgehead atoms. The number of benzene rings is 4. The summed E-state index contributed by atoms with van der Waals surface area (Å²) in [5.74, 6) is 1.87. The Morgan fingerprint density at radius 2 is 1.41 bits per heavy atom. The molecule has 0 saturated heterocycles. The van der Waals surface area contributed by atoms with Crippen LogP contribution in [0.2, 0.25) is 0 Å². The van der Waals surface area contributed by atoms with Gasteiger partial charge in [-0.05, 0) is 118 Å². The summed E-state index contributed by atoms with van der Waals surface area (Å²) in [5, 5.41) is 2.32. The molecular weight excluding hydrogens is 870 g/mol. The zero-order valence-corrected chi connectivity index (χ0v) is 37.4. The molecule has 5 nitrogen and oxygen atoms in total. The van der Waals surface area contributed by atoms with Gasteiger partial charge in [0.1, 0.15) is 17.1 Å². The maximum absolute atomic E-state index is 6.94. The molecular formula is C50H55N3O2Pt. The summed E-state index contributed by atoms with van der Waals surface area (Å²) < 4.78 is 16.0. The van der Waals surface area contributed by atoms with Gasteiger partial charge in [-0.3, -0.25) is 4.99 Å². The normalized spacial score (nSPS) is 19.8. The predicted molar refractivity (Wildman–Crippen MR) is 227 cm³/mol. The zero-order chi connectivity index (χ0) is 39.2. The smallest absolute Gasteiger partial charge is 0.512 e. The molecule has 0 unspecified atom stereocenters. The van der Waals surface area contributed by atoms with Crippen molar-refractivity contribution in [3.05, 3.63) is 118 Å². The number of fused-ring (bicyclic) bond motifs is 4.